The number of benzene rings is 1. The Balaban J connectivity index is 2.02. The average Bonchev–Trinajstić information content (AvgIpc) is 2.81. The van der Waals surface area contributed by atoms with Crippen LogP contribution in [0.3, 0.4) is 0 Å². The maximum atomic E-state index is 12.2. The standard InChI is InChI=1S/C17H24N2O2/c1-11(2)13(4)18-17(21)14-9-16(20)19(10-14)15-7-5-12(3)6-8-15/h5-8,11,13-14H,9-10H2,1-4H3,(H,18,21)/t13-,14+/m1/s1. The number of hydrogen-bond donors (Lipinski definition) is 1. The van der Waals surface area contributed by atoms with Gasteiger partial charge in [-0.15, -0.1) is 0 Å². The number of anilines is 1. The molecule has 2 atom stereocenters. The smallest absolute Gasteiger partial charge is 0.227 e. The number of hydrogen-bond acceptors (Lipinski definition) is 2. The molecule has 1 N–H and O–H groups in total. The summed E-state index contributed by atoms with van der Waals surface area (Å²) in [5, 5.41) is 3.01. The third-order valence-electron chi connectivity index (χ3n) is 4.21. The van der Waals surface area contributed by atoms with Crippen LogP contribution in [0.15, 0.2) is 24.3 Å². The van der Waals surface area contributed by atoms with Crippen molar-refractivity contribution in [3.05, 3.63) is 29.8 Å². The molecule has 1 saturated heterocycles. The predicted octanol–water partition coefficient (Wildman–Crippen LogP) is 2.51. The molecule has 1 aromatic carbocycles. The Labute approximate surface area is 126 Å². The number of rotatable bonds is 4. The molecular formula is C17H24N2O2. The van der Waals surface area contributed by atoms with Gasteiger partial charge in [0.2, 0.25) is 11.8 Å². The molecule has 1 aliphatic heterocycles. The third kappa shape index (κ3) is 3.63. The molecule has 0 saturated carbocycles. The summed E-state index contributed by atoms with van der Waals surface area (Å²) in [6.07, 6.45) is 0.296. The van der Waals surface area contributed by atoms with E-state index >= 15 is 0 Å². The lowest BCUT2D eigenvalue weighted by molar-refractivity contribution is -0.127. The van der Waals surface area contributed by atoms with Crippen LogP contribution >= 0.6 is 0 Å². The summed E-state index contributed by atoms with van der Waals surface area (Å²) in [6.45, 7) is 8.63. The Hall–Kier alpha value is -1.84. The van der Waals surface area contributed by atoms with Gasteiger partial charge in [0.25, 0.3) is 0 Å². The normalized spacial score (nSPS) is 20.0. The van der Waals surface area contributed by atoms with Crippen molar-refractivity contribution in [3.8, 4) is 0 Å². The first kappa shape index (κ1) is 15.5. The van der Waals surface area contributed by atoms with E-state index in [2.05, 4.69) is 19.2 Å². The lowest BCUT2D eigenvalue weighted by atomic mass is 10.0. The van der Waals surface area contributed by atoms with E-state index in [-0.39, 0.29) is 23.8 Å². The van der Waals surface area contributed by atoms with Gasteiger partial charge in [-0.3, -0.25) is 9.59 Å². The van der Waals surface area contributed by atoms with Gasteiger partial charge < -0.3 is 10.2 Å². The van der Waals surface area contributed by atoms with Crippen molar-refractivity contribution in [1.29, 1.82) is 0 Å². The van der Waals surface area contributed by atoms with Crippen LogP contribution in [0.2, 0.25) is 0 Å². The van der Waals surface area contributed by atoms with Crippen molar-refractivity contribution < 1.29 is 9.59 Å². The molecule has 114 valence electrons. The van der Waals surface area contributed by atoms with Crippen molar-refractivity contribution in [2.24, 2.45) is 11.8 Å². The van der Waals surface area contributed by atoms with Gasteiger partial charge in [-0.25, -0.2) is 0 Å². The molecule has 1 aromatic rings. The molecule has 1 aliphatic rings. The van der Waals surface area contributed by atoms with Gasteiger partial charge in [0.15, 0.2) is 0 Å². The summed E-state index contributed by atoms with van der Waals surface area (Å²) in [6, 6.07) is 7.96. The lowest BCUT2D eigenvalue weighted by Gasteiger charge is -2.20. The number of aryl methyl sites for hydroxylation is 1. The number of carbonyl (C=O) groups is 2. The zero-order chi connectivity index (χ0) is 15.6. The molecule has 0 aliphatic carbocycles. The summed E-state index contributed by atoms with van der Waals surface area (Å²) >= 11 is 0. The van der Waals surface area contributed by atoms with E-state index in [9.17, 15) is 9.59 Å². The molecule has 0 spiro atoms. The second-order valence-corrected chi connectivity index (χ2v) is 6.28. The van der Waals surface area contributed by atoms with Crippen LogP contribution in [0, 0.1) is 18.8 Å². The minimum Gasteiger partial charge on any atom is -0.353 e. The van der Waals surface area contributed by atoms with Crippen LogP contribution in [0.25, 0.3) is 0 Å². The molecule has 0 radical (unpaired) electrons. The second kappa shape index (κ2) is 6.29. The molecule has 0 bridgehead atoms. The fourth-order valence-corrected chi connectivity index (χ4v) is 2.37. The molecule has 0 unspecified atom stereocenters. The second-order valence-electron chi connectivity index (χ2n) is 6.28. The zero-order valence-electron chi connectivity index (χ0n) is 13.2. The van der Waals surface area contributed by atoms with Crippen LogP contribution in [0.5, 0.6) is 0 Å². The molecule has 4 heteroatoms. The average molecular weight is 288 g/mol. The highest BCUT2D eigenvalue weighted by atomic mass is 16.2. The van der Waals surface area contributed by atoms with Crippen LogP contribution in [0.1, 0.15) is 32.8 Å². The highest BCUT2D eigenvalue weighted by Gasteiger charge is 2.35. The van der Waals surface area contributed by atoms with E-state index in [0.717, 1.165) is 11.3 Å². The lowest BCUT2D eigenvalue weighted by Crippen LogP contribution is -2.40. The number of carbonyl (C=O) groups excluding carboxylic acids is 2. The Morgan fingerprint density at radius 3 is 2.43 bits per heavy atom. The highest BCUT2D eigenvalue weighted by molar-refractivity contribution is 6.00. The van der Waals surface area contributed by atoms with E-state index in [4.69, 9.17) is 0 Å². The molecule has 2 rings (SSSR count). The van der Waals surface area contributed by atoms with E-state index in [1.807, 2.05) is 38.1 Å². The maximum Gasteiger partial charge on any atom is 0.227 e. The monoisotopic (exact) mass is 288 g/mol. The van der Waals surface area contributed by atoms with Crippen LogP contribution < -0.4 is 10.2 Å². The molecule has 1 fully saturated rings. The van der Waals surface area contributed by atoms with E-state index < -0.39 is 0 Å². The first-order valence-electron chi connectivity index (χ1n) is 7.56. The topological polar surface area (TPSA) is 49.4 Å². The van der Waals surface area contributed by atoms with Crippen molar-refractivity contribution in [3.63, 3.8) is 0 Å². The Kier molecular flexibility index (Phi) is 4.66. The quantitative estimate of drug-likeness (QED) is 0.925. The first-order valence-corrected chi connectivity index (χ1v) is 7.56. The van der Waals surface area contributed by atoms with Crippen LogP contribution in [-0.4, -0.2) is 24.4 Å². The molecule has 1 heterocycles. The molecule has 21 heavy (non-hydrogen) atoms. The minimum atomic E-state index is -0.250. The van der Waals surface area contributed by atoms with Gasteiger partial charge in [0, 0.05) is 24.7 Å². The van der Waals surface area contributed by atoms with E-state index in [0.29, 0.717) is 18.9 Å². The fourth-order valence-electron chi connectivity index (χ4n) is 2.37. The fraction of sp³-hybridized carbons (Fsp3) is 0.529. The first-order chi connectivity index (χ1) is 9.88. The van der Waals surface area contributed by atoms with Crippen molar-refractivity contribution in [1.82, 2.24) is 5.32 Å². The SMILES string of the molecule is Cc1ccc(N2C[C@@H](C(=O)N[C@H](C)C(C)C)CC2=O)cc1. The highest BCUT2D eigenvalue weighted by Crippen LogP contribution is 2.25. The Bertz CT molecular complexity index is 522. The third-order valence-corrected chi connectivity index (χ3v) is 4.21. The van der Waals surface area contributed by atoms with Crippen molar-refractivity contribution >= 4 is 17.5 Å². The van der Waals surface area contributed by atoms with Gasteiger partial charge in [0.1, 0.15) is 0 Å². The maximum absolute atomic E-state index is 12.2. The van der Waals surface area contributed by atoms with Gasteiger partial charge >= 0.3 is 0 Å². The van der Waals surface area contributed by atoms with E-state index in [1.165, 1.54) is 0 Å². The summed E-state index contributed by atoms with van der Waals surface area (Å²) in [4.78, 5) is 26.1. The number of nitrogens with zero attached hydrogens (tertiary/aromatic N) is 1. The summed E-state index contributed by atoms with van der Waals surface area (Å²) in [5.74, 6) is 0.148. The van der Waals surface area contributed by atoms with E-state index in [1.54, 1.807) is 4.90 Å². The van der Waals surface area contributed by atoms with Crippen molar-refractivity contribution in [2.45, 2.75) is 40.2 Å². The summed E-state index contributed by atoms with van der Waals surface area (Å²) in [7, 11) is 0. The Morgan fingerprint density at radius 2 is 1.86 bits per heavy atom. The summed E-state index contributed by atoms with van der Waals surface area (Å²) < 4.78 is 0. The molecule has 0 aromatic heterocycles. The largest absolute Gasteiger partial charge is 0.353 e. The molecule has 2 amide bonds. The van der Waals surface area contributed by atoms with Gasteiger partial charge in [-0.1, -0.05) is 31.5 Å². The van der Waals surface area contributed by atoms with Gasteiger partial charge in [0.05, 0.1) is 5.92 Å². The molecule has 4 nitrogen and oxygen atoms in total. The van der Waals surface area contributed by atoms with Crippen LogP contribution in [-0.2, 0) is 9.59 Å². The van der Waals surface area contributed by atoms with Crippen molar-refractivity contribution in [2.75, 3.05) is 11.4 Å². The predicted molar refractivity (Wildman–Crippen MR) is 84.1 cm³/mol. The van der Waals surface area contributed by atoms with Gasteiger partial charge in [-0.2, -0.15) is 0 Å². The zero-order valence-corrected chi connectivity index (χ0v) is 13.2. The summed E-state index contributed by atoms with van der Waals surface area (Å²) in [5.41, 5.74) is 2.03. The Morgan fingerprint density at radius 1 is 1.24 bits per heavy atom. The minimum absolute atomic E-state index is 0.0147. The van der Waals surface area contributed by atoms with Gasteiger partial charge in [-0.05, 0) is 31.9 Å². The number of amides is 2. The number of nitrogens with one attached hydrogen (secondary N) is 1. The molecular weight excluding hydrogens is 264 g/mol. The van der Waals surface area contributed by atoms with Crippen LogP contribution in [0.4, 0.5) is 5.69 Å².